The predicted octanol–water partition coefficient (Wildman–Crippen LogP) is 1.20. The third-order valence-electron chi connectivity index (χ3n) is 3.11. The van der Waals surface area contributed by atoms with E-state index in [4.69, 9.17) is 0 Å². The Morgan fingerprint density at radius 2 is 2.25 bits per heavy atom. The fourth-order valence-electron chi connectivity index (χ4n) is 1.80. The van der Waals surface area contributed by atoms with Crippen LogP contribution in [0.4, 0.5) is 0 Å². The van der Waals surface area contributed by atoms with Crippen molar-refractivity contribution < 1.29 is 8.42 Å². The van der Waals surface area contributed by atoms with E-state index in [1.807, 2.05) is 0 Å². The number of hydrogen-bond donors (Lipinski definition) is 3. The minimum atomic E-state index is -3.47. The van der Waals surface area contributed by atoms with Crippen LogP contribution in [-0.4, -0.2) is 24.4 Å². The summed E-state index contributed by atoms with van der Waals surface area (Å²) in [5.41, 5.74) is 2.57. The monoisotopic (exact) mass is 312 g/mol. The van der Waals surface area contributed by atoms with E-state index < -0.39 is 10.0 Å². The molecule has 0 unspecified atom stereocenters. The fraction of sp³-hybridized carbons (Fsp3) is 0.417. The largest absolute Gasteiger partial charge is 0.363 e. The Morgan fingerprint density at radius 1 is 1.40 bits per heavy atom. The average molecular weight is 312 g/mol. The molecule has 1 saturated carbocycles. The van der Waals surface area contributed by atoms with Gasteiger partial charge in [0.15, 0.2) is 0 Å². The molecule has 2 heterocycles. The smallest absolute Gasteiger partial charge is 0.242 e. The van der Waals surface area contributed by atoms with Gasteiger partial charge in [0, 0.05) is 42.1 Å². The van der Waals surface area contributed by atoms with Crippen LogP contribution in [0.25, 0.3) is 0 Å². The fourth-order valence-corrected chi connectivity index (χ4v) is 3.45. The van der Waals surface area contributed by atoms with E-state index in [2.05, 4.69) is 20.0 Å². The predicted molar refractivity (Wildman–Crippen MR) is 76.8 cm³/mol. The van der Waals surface area contributed by atoms with Gasteiger partial charge in [-0.1, -0.05) is 0 Å². The van der Waals surface area contributed by atoms with Crippen molar-refractivity contribution in [3.8, 4) is 0 Å². The highest BCUT2D eigenvalue weighted by Crippen LogP contribution is 2.19. The first-order valence-corrected chi connectivity index (χ1v) is 8.77. The summed E-state index contributed by atoms with van der Waals surface area (Å²) in [7, 11) is -3.47. The minimum Gasteiger partial charge on any atom is -0.363 e. The third-order valence-corrected chi connectivity index (χ3v) is 5.27. The van der Waals surface area contributed by atoms with Gasteiger partial charge in [-0.2, -0.15) is 0 Å². The van der Waals surface area contributed by atoms with Crippen LogP contribution in [0.3, 0.4) is 0 Å². The summed E-state index contributed by atoms with van der Waals surface area (Å²) < 4.78 is 26.8. The molecule has 0 amide bonds. The Balaban J connectivity index is 1.61. The number of aromatic nitrogens is 2. The summed E-state index contributed by atoms with van der Waals surface area (Å²) in [6.07, 6.45) is 5.61. The van der Waals surface area contributed by atoms with E-state index in [1.54, 1.807) is 17.8 Å². The number of nitrogens with one attached hydrogen (secondary N) is 3. The summed E-state index contributed by atoms with van der Waals surface area (Å²) >= 11 is 1.43. The van der Waals surface area contributed by atoms with Crippen molar-refractivity contribution in [2.45, 2.75) is 36.9 Å². The minimum absolute atomic E-state index is 0.272. The summed E-state index contributed by atoms with van der Waals surface area (Å²) in [6.45, 7) is 0.947. The quantitative estimate of drug-likeness (QED) is 0.717. The van der Waals surface area contributed by atoms with Gasteiger partial charge in [0.1, 0.15) is 0 Å². The van der Waals surface area contributed by atoms with Crippen LogP contribution in [0.2, 0.25) is 0 Å². The molecule has 0 aliphatic heterocycles. The zero-order valence-electron chi connectivity index (χ0n) is 10.8. The van der Waals surface area contributed by atoms with Crippen LogP contribution in [0.15, 0.2) is 28.9 Å². The van der Waals surface area contributed by atoms with Crippen molar-refractivity contribution in [1.82, 2.24) is 20.0 Å². The lowest BCUT2D eigenvalue weighted by Gasteiger charge is -2.02. The molecule has 1 aliphatic rings. The maximum atomic E-state index is 12.1. The lowest BCUT2D eigenvalue weighted by atomic mass is 10.4. The molecule has 0 spiro atoms. The molecule has 0 atom stereocenters. The summed E-state index contributed by atoms with van der Waals surface area (Å²) in [5, 5.41) is 3.34. The van der Waals surface area contributed by atoms with Crippen LogP contribution in [0, 0.1) is 0 Å². The van der Waals surface area contributed by atoms with E-state index in [1.165, 1.54) is 30.4 Å². The molecule has 20 heavy (non-hydrogen) atoms. The molecule has 108 valence electrons. The highest BCUT2D eigenvalue weighted by molar-refractivity contribution is 7.89. The van der Waals surface area contributed by atoms with Gasteiger partial charge in [-0.15, -0.1) is 11.3 Å². The van der Waals surface area contributed by atoms with Crippen LogP contribution < -0.4 is 10.0 Å². The Kier molecular flexibility index (Phi) is 3.88. The zero-order chi connectivity index (χ0) is 14.0. The molecule has 3 rings (SSSR count). The lowest BCUT2D eigenvalue weighted by molar-refractivity contribution is 0.582. The standard InChI is InChI=1S/C12H16N4O2S2/c17-20(18,16-6-11-5-13-8-19-11)12-3-10(15-7-12)4-14-9-1-2-9/h3,5,7-9,14-16H,1-2,4,6H2. The second-order valence-corrected chi connectivity index (χ2v) is 7.55. The molecule has 0 radical (unpaired) electrons. The molecular formula is C12H16N4O2S2. The van der Waals surface area contributed by atoms with Crippen LogP contribution in [0.1, 0.15) is 23.4 Å². The SMILES string of the molecule is O=S(=O)(NCc1cncs1)c1c[nH]c(CNC2CC2)c1. The second kappa shape index (κ2) is 5.65. The molecule has 2 aromatic heterocycles. The summed E-state index contributed by atoms with van der Waals surface area (Å²) in [4.78, 5) is 8.07. The van der Waals surface area contributed by atoms with Crippen molar-refractivity contribution in [3.05, 3.63) is 34.5 Å². The van der Waals surface area contributed by atoms with Gasteiger partial charge in [-0.3, -0.25) is 4.98 Å². The number of aromatic amines is 1. The van der Waals surface area contributed by atoms with Crippen molar-refractivity contribution in [3.63, 3.8) is 0 Å². The Labute approximate surface area is 121 Å². The molecule has 2 aromatic rings. The van der Waals surface area contributed by atoms with Crippen LogP contribution >= 0.6 is 11.3 Å². The van der Waals surface area contributed by atoms with Gasteiger partial charge >= 0.3 is 0 Å². The van der Waals surface area contributed by atoms with Gasteiger partial charge in [0.05, 0.1) is 10.4 Å². The first-order valence-electron chi connectivity index (χ1n) is 6.41. The normalized spacial score (nSPS) is 15.6. The first-order chi connectivity index (χ1) is 9.63. The molecule has 3 N–H and O–H groups in total. The zero-order valence-corrected chi connectivity index (χ0v) is 12.4. The molecule has 1 aliphatic carbocycles. The number of rotatable bonds is 7. The first kappa shape index (κ1) is 13.7. The highest BCUT2D eigenvalue weighted by Gasteiger charge is 2.21. The Hall–Kier alpha value is -1.22. The van der Waals surface area contributed by atoms with Gasteiger partial charge in [0.2, 0.25) is 10.0 Å². The van der Waals surface area contributed by atoms with Crippen LogP contribution in [0.5, 0.6) is 0 Å². The van der Waals surface area contributed by atoms with Gasteiger partial charge in [0.25, 0.3) is 0 Å². The second-order valence-electron chi connectivity index (χ2n) is 4.81. The molecule has 0 bridgehead atoms. The number of H-pyrrole nitrogens is 1. The Morgan fingerprint density at radius 3 is 2.95 bits per heavy atom. The van der Waals surface area contributed by atoms with Gasteiger partial charge < -0.3 is 10.3 Å². The number of nitrogens with zero attached hydrogens (tertiary/aromatic N) is 1. The molecule has 6 nitrogen and oxygen atoms in total. The van der Waals surface area contributed by atoms with E-state index in [-0.39, 0.29) is 11.4 Å². The molecular weight excluding hydrogens is 296 g/mol. The molecule has 8 heteroatoms. The molecule has 1 fully saturated rings. The summed E-state index contributed by atoms with van der Waals surface area (Å²) in [6, 6.07) is 2.27. The molecule has 0 saturated heterocycles. The maximum absolute atomic E-state index is 12.1. The molecule has 0 aromatic carbocycles. The van der Waals surface area contributed by atoms with Crippen LogP contribution in [-0.2, 0) is 23.1 Å². The van der Waals surface area contributed by atoms with Crippen molar-refractivity contribution >= 4 is 21.4 Å². The number of thiazole rings is 1. The average Bonchev–Trinajstić information content (AvgIpc) is 2.94. The number of sulfonamides is 1. The maximum Gasteiger partial charge on any atom is 0.242 e. The van der Waals surface area contributed by atoms with E-state index >= 15 is 0 Å². The highest BCUT2D eigenvalue weighted by atomic mass is 32.2. The van der Waals surface area contributed by atoms with E-state index in [0.29, 0.717) is 12.6 Å². The topological polar surface area (TPSA) is 86.9 Å². The lowest BCUT2D eigenvalue weighted by Crippen LogP contribution is -2.22. The van der Waals surface area contributed by atoms with E-state index in [9.17, 15) is 8.42 Å². The van der Waals surface area contributed by atoms with Gasteiger partial charge in [-0.05, 0) is 18.9 Å². The van der Waals surface area contributed by atoms with Crippen molar-refractivity contribution in [2.24, 2.45) is 0 Å². The summed E-state index contributed by atoms with van der Waals surface area (Å²) in [5.74, 6) is 0. The Bertz CT molecular complexity index is 659. The van der Waals surface area contributed by atoms with Crippen molar-refractivity contribution in [2.75, 3.05) is 0 Å². The van der Waals surface area contributed by atoms with E-state index in [0.717, 1.165) is 10.6 Å². The number of hydrogen-bond acceptors (Lipinski definition) is 5. The van der Waals surface area contributed by atoms with Gasteiger partial charge in [-0.25, -0.2) is 13.1 Å². The van der Waals surface area contributed by atoms with Crippen molar-refractivity contribution in [1.29, 1.82) is 0 Å². The third kappa shape index (κ3) is 3.45.